The Hall–Kier alpha value is -2.86. The van der Waals surface area contributed by atoms with Crippen LogP contribution in [0, 0.1) is 6.92 Å². The van der Waals surface area contributed by atoms with Crippen molar-refractivity contribution in [1.29, 1.82) is 0 Å². The van der Waals surface area contributed by atoms with Gasteiger partial charge < -0.3 is 5.32 Å². The Kier molecular flexibility index (Phi) is 6.95. The molecule has 1 aromatic heterocycles. The molecule has 37 heavy (non-hydrogen) atoms. The molecule has 0 saturated heterocycles. The summed E-state index contributed by atoms with van der Waals surface area (Å²) < 4.78 is 92.3. The summed E-state index contributed by atoms with van der Waals surface area (Å²) in [5, 5.41) is 1.84. The van der Waals surface area contributed by atoms with E-state index >= 15 is 0 Å². The molecule has 1 amide bonds. The van der Waals surface area contributed by atoms with Crippen LogP contribution in [0.2, 0.25) is 0 Å². The van der Waals surface area contributed by atoms with Gasteiger partial charge in [0.1, 0.15) is 0 Å². The number of hydrogen-bond acceptors (Lipinski definition) is 5. The van der Waals surface area contributed by atoms with Crippen LogP contribution in [0.25, 0.3) is 10.9 Å². The van der Waals surface area contributed by atoms with Gasteiger partial charge in [-0.25, -0.2) is 20.8 Å². The van der Waals surface area contributed by atoms with Gasteiger partial charge in [-0.2, -0.15) is 13.2 Å². The van der Waals surface area contributed by atoms with Gasteiger partial charge in [-0.15, -0.1) is 0 Å². The summed E-state index contributed by atoms with van der Waals surface area (Å²) >= 11 is 0. The summed E-state index contributed by atoms with van der Waals surface area (Å²) in [4.78, 5) is 12.8. The van der Waals surface area contributed by atoms with E-state index in [4.69, 9.17) is 0 Å². The number of carbonyl (C=O) groups excluding carboxylic acids is 1. The molecule has 1 N–H and O–H groups in total. The number of aryl methyl sites for hydroxylation is 1. The molecule has 0 radical (unpaired) electrons. The predicted molar refractivity (Wildman–Crippen MR) is 134 cm³/mol. The van der Waals surface area contributed by atoms with Gasteiger partial charge in [0.2, 0.25) is 10.0 Å². The number of rotatable bonds is 8. The maximum atomic E-state index is 13.7. The highest BCUT2D eigenvalue weighted by Crippen LogP contribution is 2.35. The van der Waals surface area contributed by atoms with Gasteiger partial charge in [0.15, 0.2) is 9.84 Å². The maximum Gasteiger partial charge on any atom is 0.416 e. The van der Waals surface area contributed by atoms with Gasteiger partial charge in [-0.1, -0.05) is 12.1 Å². The lowest BCUT2D eigenvalue weighted by Gasteiger charge is -2.16. The lowest BCUT2D eigenvalue weighted by Crippen LogP contribution is -2.25. The van der Waals surface area contributed by atoms with Crippen LogP contribution in [0.5, 0.6) is 0 Å². The fraction of sp³-hybridized carbons (Fsp3) is 0.400. The molecule has 1 aliphatic rings. The topological polar surface area (TPSA) is 102 Å². The van der Waals surface area contributed by atoms with E-state index in [1.807, 2.05) is 0 Å². The largest absolute Gasteiger partial charge is 0.416 e. The van der Waals surface area contributed by atoms with E-state index < -0.39 is 60.3 Å². The maximum absolute atomic E-state index is 13.7. The van der Waals surface area contributed by atoms with Crippen LogP contribution in [0.15, 0.2) is 42.5 Å². The monoisotopic (exact) mass is 556 g/mol. The highest BCUT2D eigenvalue weighted by molar-refractivity contribution is 7.91. The Morgan fingerprint density at radius 1 is 1.05 bits per heavy atom. The summed E-state index contributed by atoms with van der Waals surface area (Å²) in [5.41, 5.74) is -0.111. The standard InChI is InChI=1S/C25H27F3N2O5S2/c1-15(2)37(34,35)30-16(3)10-20-12-18(6-9-23(20)30)24(31)29-13-19-5-4-17(11-22(19)25(26,27)28)14-36(32,33)21-7-8-21/h4-6,9-12,15,21H,7-8,13-14H2,1-3H3,(H,29,31). The van der Waals surface area contributed by atoms with E-state index in [1.165, 1.54) is 34.3 Å². The van der Waals surface area contributed by atoms with Gasteiger partial charge in [0.05, 0.1) is 27.3 Å². The second-order valence-electron chi connectivity index (χ2n) is 9.60. The molecular weight excluding hydrogens is 529 g/mol. The van der Waals surface area contributed by atoms with Crippen molar-refractivity contribution < 1.29 is 34.8 Å². The number of sulfone groups is 1. The molecule has 7 nitrogen and oxygen atoms in total. The molecule has 1 aliphatic carbocycles. The van der Waals surface area contributed by atoms with Crippen LogP contribution < -0.4 is 5.32 Å². The van der Waals surface area contributed by atoms with E-state index in [-0.39, 0.29) is 16.7 Å². The third kappa shape index (κ3) is 5.54. The van der Waals surface area contributed by atoms with Gasteiger partial charge in [0, 0.05) is 23.2 Å². The van der Waals surface area contributed by atoms with E-state index in [2.05, 4.69) is 5.32 Å². The molecule has 4 rings (SSSR count). The third-order valence-corrected chi connectivity index (χ3v) is 10.8. The van der Waals surface area contributed by atoms with Crippen LogP contribution in [-0.4, -0.2) is 37.2 Å². The van der Waals surface area contributed by atoms with Crippen LogP contribution in [0.3, 0.4) is 0 Å². The first-order chi connectivity index (χ1) is 17.1. The highest BCUT2D eigenvalue weighted by Gasteiger charge is 2.37. The SMILES string of the molecule is Cc1cc2cc(C(=O)NCc3ccc(CS(=O)(=O)C4CC4)cc3C(F)(F)F)ccc2n1S(=O)(=O)C(C)C. The number of amides is 1. The summed E-state index contributed by atoms with van der Waals surface area (Å²) in [6.07, 6.45) is -3.68. The first kappa shape index (κ1) is 27.2. The molecule has 1 heterocycles. The second kappa shape index (κ2) is 9.46. The molecule has 2 aromatic carbocycles. The summed E-state index contributed by atoms with van der Waals surface area (Å²) in [7, 11) is -7.12. The smallest absolute Gasteiger partial charge is 0.348 e. The van der Waals surface area contributed by atoms with Crippen molar-refractivity contribution >= 4 is 36.7 Å². The highest BCUT2D eigenvalue weighted by atomic mass is 32.2. The van der Waals surface area contributed by atoms with Crippen LogP contribution in [0.1, 0.15) is 59.4 Å². The Labute approximate surface area is 213 Å². The number of benzene rings is 2. The minimum absolute atomic E-state index is 0.0518. The van der Waals surface area contributed by atoms with Crippen molar-refractivity contribution in [2.24, 2.45) is 0 Å². The number of nitrogens with one attached hydrogen (secondary N) is 1. The van der Waals surface area contributed by atoms with Gasteiger partial charge >= 0.3 is 6.18 Å². The van der Waals surface area contributed by atoms with Crippen molar-refractivity contribution in [3.05, 3.63) is 70.4 Å². The predicted octanol–water partition coefficient (Wildman–Crippen LogP) is 4.56. The van der Waals surface area contributed by atoms with Crippen LogP contribution in [0.4, 0.5) is 13.2 Å². The zero-order chi connectivity index (χ0) is 27.3. The molecule has 0 aliphatic heterocycles. The minimum Gasteiger partial charge on any atom is -0.348 e. The Morgan fingerprint density at radius 2 is 1.73 bits per heavy atom. The zero-order valence-electron chi connectivity index (χ0n) is 20.5. The number of hydrogen-bond donors (Lipinski definition) is 1. The Balaban J connectivity index is 1.56. The van der Waals surface area contributed by atoms with E-state index in [0.29, 0.717) is 29.4 Å². The van der Waals surface area contributed by atoms with E-state index in [1.54, 1.807) is 26.8 Å². The Morgan fingerprint density at radius 3 is 2.32 bits per heavy atom. The van der Waals surface area contributed by atoms with Crippen molar-refractivity contribution in [3.63, 3.8) is 0 Å². The third-order valence-electron chi connectivity index (χ3n) is 6.36. The molecule has 0 atom stereocenters. The van der Waals surface area contributed by atoms with Gasteiger partial charge in [-0.05, 0) is 75.1 Å². The normalized spacial score (nSPS) is 14.9. The number of fused-ring (bicyclic) bond motifs is 1. The molecule has 200 valence electrons. The molecule has 0 unspecified atom stereocenters. The second-order valence-corrected chi connectivity index (χ2v) is 14.2. The summed E-state index contributed by atoms with van der Waals surface area (Å²) in [6, 6.07) is 9.37. The van der Waals surface area contributed by atoms with Gasteiger partial charge in [0.25, 0.3) is 5.91 Å². The number of nitrogens with zero attached hydrogens (tertiary/aromatic N) is 1. The number of halogens is 3. The molecule has 0 bridgehead atoms. The first-order valence-corrected chi connectivity index (χ1v) is 14.9. The van der Waals surface area contributed by atoms with E-state index in [0.717, 1.165) is 6.07 Å². The minimum atomic E-state index is -4.74. The number of alkyl halides is 3. The fourth-order valence-electron chi connectivity index (χ4n) is 4.20. The summed E-state index contributed by atoms with van der Waals surface area (Å²) in [5.74, 6) is -1.09. The van der Waals surface area contributed by atoms with Crippen molar-refractivity contribution in [1.82, 2.24) is 9.29 Å². The summed E-state index contributed by atoms with van der Waals surface area (Å²) in [6.45, 7) is 4.34. The molecule has 12 heteroatoms. The lowest BCUT2D eigenvalue weighted by molar-refractivity contribution is -0.138. The number of carbonyl (C=O) groups is 1. The van der Waals surface area contributed by atoms with Gasteiger partial charge in [-0.3, -0.25) is 4.79 Å². The molecule has 1 fully saturated rings. The molecule has 0 spiro atoms. The first-order valence-electron chi connectivity index (χ1n) is 11.7. The van der Waals surface area contributed by atoms with Crippen molar-refractivity contribution in [2.45, 2.75) is 62.6 Å². The average Bonchev–Trinajstić information content (AvgIpc) is 3.59. The molecule has 3 aromatic rings. The molecule has 1 saturated carbocycles. The fourth-order valence-corrected chi connectivity index (χ4v) is 7.26. The van der Waals surface area contributed by atoms with Crippen LogP contribution in [-0.2, 0) is 38.3 Å². The Bertz CT molecular complexity index is 1590. The van der Waals surface area contributed by atoms with Crippen LogP contribution >= 0.6 is 0 Å². The van der Waals surface area contributed by atoms with E-state index in [9.17, 15) is 34.8 Å². The van der Waals surface area contributed by atoms with Crippen molar-refractivity contribution in [3.8, 4) is 0 Å². The average molecular weight is 557 g/mol. The lowest BCUT2D eigenvalue weighted by atomic mass is 10.0. The molecular formula is C25H27F3N2O5S2. The van der Waals surface area contributed by atoms with Crippen molar-refractivity contribution in [2.75, 3.05) is 0 Å². The number of aromatic nitrogens is 1. The zero-order valence-corrected chi connectivity index (χ0v) is 22.1. The quantitative estimate of drug-likeness (QED) is 0.438.